The van der Waals surface area contributed by atoms with Gasteiger partial charge in [0.05, 0.1) is 12.2 Å². The van der Waals surface area contributed by atoms with Crippen LogP contribution in [-0.4, -0.2) is 83.8 Å². The summed E-state index contributed by atoms with van der Waals surface area (Å²) in [7, 11) is 0. The van der Waals surface area contributed by atoms with E-state index in [4.69, 9.17) is 9.47 Å². The molecule has 8 N–H and O–H groups in total. The van der Waals surface area contributed by atoms with Gasteiger partial charge in [0.2, 0.25) is 5.78 Å². The van der Waals surface area contributed by atoms with E-state index in [0.29, 0.717) is 5.56 Å². The van der Waals surface area contributed by atoms with Crippen molar-refractivity contribution in [3.05, 3.63) is 46.5 Å². The molecule has 0 aromatic heterocycles. The van der Waals surface area contributed by atoms with Crippen molar-refractivity contribution in [1.29, 1.82) is 0 Å². The SMILES string of the molecule is Cc1ccc([C@H]2Oc3cc(O)c(C4OC(CO)C(O)C(O)C4O)c(O)c3C(=O)[C@@H]2O)cc1O. The predicted octanol–water partition coefficient (Wildman–Crippen LogP) is -0.696. The molecule has 0 saturated carbocycles. The number of fused-ring (bicyclic) bond motifs is 1. The molecule has 5 unspecified atom stereocenters. The van der Waals surface area contributed by atoms with Crippen LogP contribution in [0.15, 0.2) is 24.3 Å². The molecular formula is C22H24O11. The number of ether oxygens (including phenoxy) is 2. The third kappa shape index (κ3) is 3.68. The van der Waals surface area contributed by atoms with E-state index in [1.54, 1.807) is 19.1 Å². The van der Waals surface area contributed by atoms with Crippen LogP contribution in [0.4, 0.5) is 0 Å². The van der Waals surface area contributed by atoms with Gasteiger partial charge in [0, 0.05) is 6.07 Å². The second-order valence-corrected chi connectivity index (χ2v) is 8.17. The molecule has 2 aromatic carbocycles. The molecule has 0 bridgehead atoms. The maximum absolute atomic E-state index is 13.0. The number of aliphatic hydroxyl groups is 5. The van der Waals surface area contributed by atoms with Gasteiger partial charge in [-0.2, -0.15) is 0 Å². The van der Waals surface area contributed by atoms with Crippen molar-refractivity contribution >= 4 is 5.78 Å². The molecule has 1 fully saturated rings. The maximum atomic E-state index is 13.0. The van der Waals surface area contributed by atoms with Crippen LogP contribution in [0.5, 0.6) is 23.0 Å². The largest absolute Gasteiger partial charge is 0.508 e. The number of aryl methyl sites for hydroxylation is 1. The lowest BCUT2D eigenvalue weighted by Crippen LogP contribution is -2.55. The van der Waals surface area contributed by atoms with Crippen molar-refractivity contribution in [2.24, 2.45) is 0 Å². The summed E-state index contributed by atoms with van der Waals surface area (Å²) in [5.74, 6) is -2.82. The Labute approximate surface area is 187 Å². The number of carbonyl (C=O) groups excluding carboxylic acids is 1. The van der Waals surface area contributed by atoms with Crippen LogP contribution < -0.4 is 4.74 Å². The smallest absolute Gasteiger partial charge is 0.202 e. The Balaban J connectivity index is 1.77. The van der Waals surface area contributed by atoms with Crippen LogP contribution in [-0.2, 0) is 4.74 Å². The van der Waals surface area contributed by atoms with E-state index in [1.807, 2.05) is 0 Å². The molecule has 2 aliphatic heterocycles. The average Bonchev–Trinajstić information content (AvgIpc) is 2.77. The molecule has 0 radical (unpaired) electrons. The zero-order valence-electron chi connectivity index (χ0n) is 17.4. The Morgan fingerprint density at radius 3 is 2.24 bits per heavy atom. The number of phenols is 3. The Kier molecular flexibility index (Phi) is 5.95. The molecule has 11 nitrogen and oxygen atoms in total. The third-order valence-corrected chi connectivity index (χ3v) is 6.08. The van der Waals surface area contributed by atoms with Gasteiger partial charge < -0.3 is 50.3 Å². The first-order chi connectivity index (χ1) is 15.6. The normalized spacial score (nSPS) is 31.7. The summed E-state index contributed by atoms with van der Waals surface area (Å²) in [4.78, 5) is 13.0. The Hall–Kier alpha value is -2.93. The number of Topliss-reactive ketones (excluding diaryl/α,β-unsaturated/α-hetero) is 1. The van der Waals surface area contributed by atoms with Gasteiger partial charge in [0.1, 0.15) is 59.1 Å². The van der Waals surface area contributed by atoms with Crippen LogP contribution in [0.25, 0.3) is 0 Å². The highest BCUT2D eigenvalue weighted by molar-refractivity contribution is 6.06. The molecule has 178 valence electrons. The molecular weight excluding hydrogens is 440 g/mol. The second kappa shape index (κ2) is 8.45. The molecule has 0 spiro atoms. The van der Waals surface area contributed by atoms with Crippen molar-refractivity contribution in [1.82, 2.24) is 0 Å². The topological polar surface area (TPSA) is 197 Å². The molecule has 4 rings (SSSR count). The molecule has 11 heteroatoms. The van der Waals surface area contributed by atoms with Crippen molar-refractivity contribution in [2.45, 2.75) is 49.7 Å². The van der Waals surface area contributed by atoms with E-state index in [0.717, 1.165) is 6.07 Å². The van der Waals surface area contributed by atoms with Crippen LogP contribution in [0.3, 0.4) is 0 Å². The van der Waals surface area contributed by atoms with Gasteiger partial charge in [-0.1, -0.05) is 12.1 Å². The number of aliphatic hydroxyl groups excluding tert-OH is 5. The van der Waals surface area contributed by atoms with Crippen molar-refractivity contribution in [3.8, 4) is 23.0 Å². The number of rotatable bonds is 3. The summed E-state index contributed by atoms with van der Waals surface area (Å²) in [6.07, 6.45) is -11.2. The summed E-state index contributed by atoms with van der Waals surface area (Å²) in [5, 5.41) is 81.7. The van der Waals surface area contributed by atoms with E-state index in [9.17, 15) is 45.6 Å². The number of benzene rings is 2. The Bertz CT molecular complexity index is 1080. The lowest BCUT2D eigenvalue weighted by Gasteiger charge is -2.41. The van der Waals surface area contributed by atoms with Gasteiger partial charge in [-0.25, -0.2) is 0 Å². The van der Waals surface area contributed by atoms with E-state index < -0.39 is 77.7 Å². The molecule has 2 aliphatic rings. The molecule has 1 saturated heterocycles. The minimum absolute atomic E-state index is 0.0785. The molecule has 0 aliphatic carbocycles. The number of phenolic OH excluding ortho intramolecular Hbond substituents is 3. The highest BCUT2D eigenvalue weighted by atomic mass is 16.5. The molecule has 2 aromatic rings. The lowest BCUT2D eigenvalue weighted by atomic mass is 9.86. The van der Waals surface area contributed by atoms with E-state index in [2.05, 4.69) is 0 Å². The van der Waals surface area contributed by atoms with Gasteiger partial charge in [0.25, 0.3) is 0 Å². The average molecular weight is 464 g/mol. The minimum Gasteiger partial charge on any atom is -0.508 e. The summed E-state index contributed by atoms with van der Waals surface area (Å²) < 4.78 is 11.0. The maximum Gasteiger partial charge on any atom is 0.202 e. The molecule has 2 heterocycles. The fourth-order valence-electron chi connectivity index (χ4n) is 4.14. The van der Waals surface area contributed by atoms with Crippen molar-refractivity contribution < 1.29 is 55.1 Å². The first-order valence-corrected chi connectivity index (χ1v) is 10.1. The van der Waals surface area contributed by atoms with Gasteiger partial charge in [-0.15, -0.1) is 0 Å². The van der Waals surface area contributed by atoms with Gasteiger partial charge in [-0.05, 0) is 24.1 Å². The predicted molar refractivity (Wildman–Crippen MR) is 109 cm³/mol. The highest BCUT2D eigenvalue weighted by Crippen LogP contribution is 2.49. The molecule has 33 heavy (non-hydrogen) atoms. The summed E-state index contributed by atoms with van der Waals surface area (Å²) in [6.45, 7) is 0.925. The first-order valence-electron chi connectivity index (χ1n) is 10.1. The van der Waals surface area contributed by atoms with Gasteiger partial charge >= 0.3 is 0 Å². The first kappa shape index (κ1) is 23.2. The number of hydrogen-bond acceptors (Lipinski definition) is 11. The highest BCUT2D eigenvalue weighted by Gasteiger charge is 2.48. The number of hydrogen-bond donors (Lipinski definition) is 8. The van der Waals surface area contributed by atoms with Crippen LogP contribution in [0, 0.1) is 6.92 Å². The number of ketones is 1. The van der Waals surface area contributed by atoms with Crippen molar-refractivity contribution in [2.75, 3.05) is 6.61 Å². The fraction of sp³-hybridized carbons (Fsp3) is 0.409. The second-order valence-electron chi connectivity index (χ2n) is 8.17. The summed E-state index contributed by atoms with van der Waals surface area (Å²) in [5.41, 5.74) is -0.127. The van der Waals surface area contributed by atoms with E-state index in [-0.39, 0.29) is 17.1 Å². The third-order valence-electron chi connectivity index (χ3n) is 6.08. The molecule has 0 amide bonds. The van der Waals surface area contributed by atoms with Crippen LogP contribution >= 0.6 is 0 Å². The molecule has 7 atom stereocenters. The number of aromatic hydroxyl groups is 3. The quantitative estimate of drug-likeness (QED) is 0.286. The zero-order chi connectivity index (χ0) is 24.2. The van der Waals surface area contributed by atoms with Crippen LogP contribution in [0.1, 0.15) is 39.3 Å². The number of carbonyl (C=O) groups is 1. The Morgan fingerprint density at radius 2 is 1.61 bits per heavy atom. The minimum atomic E-state index is -1.83. The van der Waals surface area contributed by atoms with Gasteiger partial charge in [0.15, 0.2) is 12.2 Å². The van der Waals surface area contributed by atoms with E-state index in [1.165, 1.54) is 6.07 Å². The lowest BCUT2D eigenvalue weighted by molar-refractivity contribution is -0.232. The van der Waals surface area contributed by atoms with E-state index >= 15 is 0 Å². The fourth-order valence-corrected chi connectivity index (χ4v) is 4.14. The summed E-state index contributed by atoms with van der Waals surface area (Å²) in [6, 6.07) is 5.42. The zero-order valence-corrected chi connectivity index (χ0v) is 17.4. The van der Waals surface area contributed by atoms with Crippen LogP contribution in [0.2, 0.25) is 0 Å². The van der Waals surface area contributed by atoms with Crippen molar-refractivity contribution in [3.63, 3.8) is 0 Å². The van der Waals surface area contributed by atoms with Gasteiger partial charge in [-0.3, -0.25) is 4.79 Å². The standard InChI is InChI=1S/C22H24O11/c1-7-2-3-8(4-9(7)24)21-19(30)17(28)14-11(32-21)5-10(25)13(16(14)27)22-20(31)18(29)15(26)12(6-23)33-22/h2-5,12,15,18-27,29-31H,6H2,1H3/t12?,15?,18?,19-,20?,21+,22?/m0/s1. The Morgan fingerprint density at radius 1 is 0.909 bits per heavy atom. The summed E-state index contributed by atoms with van der Waals surface area (Å²) >= 11 is 0. The monoisotopic (exact) mass is 464 g/mol.